The summed E-state index contributed by atoms with van der Waals surface area (Å²) in [5, 5.41) is 11.4. The number of carbonyl (C=O) groups is 3. The molecule has 0 aliphatic carbocycles. The van der Waals surface area contributed by atoms with E-state index in [-0.39, 0.29) is 29.6 Å². The van der Waals surface area contributed by atoms with Crippen LogP contribution in [0.5, 0.6) is 0 Å². The molecule has 29 heavy (non-hydrogen) atoms. The Labute approximate surface area is 179 Å². The first-order valence-electron chi connectivity index (χ1n) is 9.01. The number of nitrogens with one attached hydrogen (secondary N) is 4. The highest BCUT2D eigenvalue weighted by molar-refractivity contribution is 6.36. The SMILES string of the molecule is O=C(CNC(=O)CNC(=O)c1ccc(Cl)cc1Cl)NCCCNc1ccccc1. The van der Waals surface area contributed by atoms with Gasteiger partial charge in [0.2, 0.25) is 11.8 Å². The van der Waals surface area contributed by atoms with Gasteiger partial charge in [-0.25, -0.2) is 0 Å². The number of benzene rings is 2. The van der Waals surface area contributed by atoms with Crippen LogP contribution in [0, 0.1) is 0 Å². The van der Waals surface area contributed by atoms with Gasteiger partial charge in [0.1, 0.15) is 0 Å². The quantitative estimate of drug-likeness (QED) is 0.429. The lowest BCUT2D eigenvalue weighted by Crippen LogP contribution is -2.42. The van der Waals surface area contributed by atoms with E-state index in [1.165, 1.54) is 18.2 Å². The van der Waals surface area contributed by atoms with Gasteiger partial charge in [-0.3, -0.25) is 14.4 Å². The van der Waals surface area contributed by atoms with Crippen LogP contribution >= 0.6 is 23.2 Å². The molecule has 0 aliphatic heterocycles. The fourth-order valence-electron chi connectivity index (χ4n) is 2.34. The van der Waals surface area contributed by atoms with Crippen molar-refractivity contribution in [1.82, 2.24) is 16.0 Å². The monoisotopic (exact) mass is 436 g/mol. The van der Waals surface area contributed by atoms with Crippen LogP contribution in [-0.2, 0) is 9.59 Å². The van der Waals surface area contributed by atoms with Crippen LogP contribution in [0.25, 0.3) is 0 Å². The van der Waals surface area contributed by atoms with E-state index in [0.29, 0.717) is 11.6 Å². The summed E-state index contributed by atoms with van der Waals surface area (Å²) in [7, 11) is 0. The van der Waals surface area contributed by atoms with Crippen molar-refractivity contribution >= 4 is 46.6 Å². The van der Waals surface area contributed by atoms with Crippen LogP contribution in [0.1, 0.15) is 16.8 Å². The zero-order chi connectivity index (χ0) is 21.1. The van der Waals surface area contributed by atoms with E-state index in [1.807, 2.05) is 30.3 Å². The summed E-state index contributed by atoms with van der Waals surface area (Å²) in [5.41, 5.74) is 1.23. The Morgan fingerprint density at radius 1 is 0.793 bits per heavy atom. The van der Waals surface area contributed by atoms with Crippen LogP contribution in [0.3, 0.4) is 0 Å². The summed E-state index contributed by atoms with van der Waals surface area (Å²) < 4.78 is 0. The van der Waals surface area contributed by atoms with Gasteiger partial charge >= 0.3 is 0 Å². The van der Waals surface area contributed by atoms with Crippen molar-refractivity contribution in [3.8, 4) is 0 Å². The second-order valence-electron chi connectivity index (χ2n) is 6.08. The molecule has 0 atom stereocenters. The van der Waals surface area contributed by atoms with Crippen molar-refractivity contribution in [2.45, 2.75) is 6.42 Å². The van der Waals surface area contributed by atoms with Crippen LogP contribution in [-0.4, -0.2) is 43.9 Å². The third kappa shape index (κ3) is 8.41. The summed E-state index contributed by atoms with van der Waals surface area (Å²) in [6.07, 6.45) is 0.743. The smallest absolute Gasteiger partial charge is 0.253 e. The molecule has 0 aliphatic rings. The molecule has 2 aromatic rings. The second kappa shape index (κ2) is 11.9. The average molecular weight is 437 g/mol. The minimum absolute atomic E-state index is 0.164. The molecule has 0 heterocycles. The zero-order valence-corrected chi connectivity index (χ0v) is 17.1. The van der Waals surface area contributed by atoms with Gasteiger partial charge in [0.15, 0.2) is 0 Å². The lowest BCUT2D eigenvalue weighted by atomic mass is 10.2. The van der Waals surface area contributed by atoms with Crippen molar-refractivity contribution in [3.63, 3.8) is 0 Å². The van der Waals surface area contributed by atoms with E-state index < -0.39 is 11.8 Å². The zero-order valence-electron chi connectivity index (χ0n) is 15.6. The Morgan fingerprint density at radius 3 is 2.21 bits per heavy atom. The molecule has 0 aromatic heterocycles. The van der Waals surface area contributed by atoms with Gasteiger partial charge < -0.3 is 21.3 Å². The molecule has 4 N–H and O–H groups in total. The first kappa shape index (κ1) is 22.5. The Hall–Kier alpha value is -2.77. The third-order valence-corrected chi connectivity index (χ3v) is 4.36. The van der Waals surface area contributed by atoms with E-state index in [2.05, 4.69) is 21.3 Å². The summed E-state index contributed by atoms with van der Waals surface area (Å²) >= 11 is 11.7. The molecule has 0 saturated carbocycles. The van der Waals surface area contributed by atoms with E-state index in [9.17, 15) is 14.4 Å². The second-order valence-corrected chi connectivity index (χ2v) is 6.92. The van der Waals surface area contributed by atoms with Gasteiger partial charge in [-0.15, -0.1) is 0 Å². The van der Waals surface area contributed by atoms with Gasteiger partial charge in [0, 0.05) is 23.8 Å². The molecule has 3 amide bonds. The largest absolute Gasteiger partial charge is 0.385 e. The van der Waals surface area contributed by atoms with Gasteiger partial charge in [0.05, 0.1) is 23.7 Å². The topological polar surface area (TPSA) is 99.3 Å². The summed E-state index contributed by atoms with van der Waals surface area (Å²) in [6, 6.07) is 14.2. The molecule has 0 radical (unpaired) electrons. The van der Waals surface area contributed by atoms with Crippen molar-refractivity contribution in [2.75, 3.05) is 31.5 Å². The van der Waals surface area contributed by atoms with E-state index in [1.54, 1.807) is 0 Å². The fourth-order valence-corrected chi connectivity index (χ4v) is 2.83. The fraction of sp³-hybridized carbons (Fsp3) is 0.250. The molecule has 9 heteroatoms. The summed E-state index contributed by atoms with van der Waals surface area (Å²) in [6.45, 7) is 0.769. The number of hydrogen-bond donors (Lipinski definition) is 4. The van der Waals surface area contributed by atoms with Gasteiger partial charge in [-0.2, -0.15) is 0 Å². The normalized spacial score (nSPS) is 10.1. The van der Waals surface area contributed by atoms with Gasteiger partial charge in [-0.1, -0.05) is 41.4 Å². The number of halogens is 2. The summed E-state index contributed by atoms with van der Waals surface area (Å²) in [4.78, 5) is 35.6. The predicted octanol–water partition coefficient (Wildman–Crippen LogP) is 2.46. The number of hydrogen-bond acceptors (Lipinski definition) is 4. The molecular formula is C20H22Cl2N4O3. The highest BCUT2D eigenvalue weighted by Crippen LogP contribution is 2.20. The van der Waals surface area contributed by atoms with Crippen LogP contribution in [0.4, 0.5) is 5.69 Å². The van der Waals surface area contributed by atoms with Crippen molar-refractivity contribution in [2.24, 2.45) is 0 Å². The lowest BCUT2D eigenvalue weighted by molar-refractivity contribution is -0.125. The highest BCUT2D eigenvalue weighted by Gasteiger charge is 2.12. The molecule has 7 nitrogen and oxygen atoms in total. The van der Waals surface area contributed by atoms with Crippen LogP contribution in [0.2, 0.25) is 10.0 Å². The molecule has 0 unspecified atom stereocenters. The Balaban J connectivity index is 1.57. The Bertz CT molecular complexity index is 847. The number of amides is 3. The van der Waals surface area contributed by atoms with Crippen LogP contribution in [0.15, 0.2) is 48.5 Å². The third-order valence-electron chi connectivity index (χ3n) is 3.81. The highest BCUT2D eigenvalue weighted by atomic mass is 35.5. The first-order chi connectivity index (χ1) is 14.0. The van der Waals surface area contributed by atoms with Gasteiger partial charge in [-0.05, 0) is 36.8 Å². The maximum absolute atomic E-state index is 12.0. The predicted molar refractivity (Wildman–Crippen MR) is 114 cm³/mol. The van der Waals surface area contributed by atoms with E-state index >= 15 is 0 Å². The number of rotatable bonds is 10. The number of para-hydroxylation sites is 1. The van der Waals surface area contributed by atoms with Crippen molar-refractivity contribution in [3.05, 3.63) is 64.1 Å². The molecule has 0 fully saturated rings. The van der Waals surface area contributed by atoms with E-state index in [0.717, 1.165) is 18.7 Å². The minimum atomic E-state index is -0.503. The first-order valence-corrected chi connectivity index (χ1v) is 9.77. The Kier molecular flexibility index (Phi) is 9.27. The standard InChI is InChI=1S/C20H22Cl2N4O3/c21-14-7-8-16(17(22)11-14)20(29)26-13-19(28)25-12-18(27)24-10-4-9-23-15-5-2-1-3-6-15/h1-3,5-8,11,23H,4,9-10,12-13H2,(H,24,27)(H,25,28)(H,26,29). The molecule has 2 aromatic carbocycles. The molecule has 0 bridgehead atoms. The van der Waals surface area contributed by atoms with Gasteiger partial charge in [0.25, 0.3) is 5.91 Å². The Morgan fingerprint density at radius 2 is 1.48 bits per heavy atom. The molecule has 0 saturated heterocycles. The van der Waals surface area contributed by atoms with Crippen LogP contribution < -0.4 is 21.3 Å². The maximum Gasteiger partial charge on any atom is 0.253 e. The molecule has 154 valence electrons. The lowest BCUT2D eigenvalue weighted by Gasteiger charge is -2.09. The minimum Gasteiger partial charge on any atom is -0.385 e. The molecule has 0 spiro atoms. The van der Waals surface area contributed by atoms with Crippen molar-refractivity contribution < 1.29 is 14.4 Å². The maximum atomic E-state index is 12.0. The molecule has 2 rings (SSSR count). The average Bonchev–Trinajstić information content (AvgIpc) is 2.71. The summed E-state index contributed by atoms with van der Waals surface area (Å²) in [5.74, 6) is -1.29. The number of anilines is 1. The molecular weight excluding hydrogens is 415 g/mol. The van der Waals surface area contributed by atoms with Crippen molar-refractivity contribution in [1.29, 1.82) is 0 Å². The van der Waals surface area contributed by atoms with E-state index in [4.69, 9.17) is 23.2 Å². The number of carbonyl (C=O) groups excluding carboxylic acids is 3.